The molecule has 2 aromatic heterocycles. The molecule has 1 N–H and O–H groups in total. The average Bonchev–Trinajstić information content (AvgIpc) is 2.81. The molecular weight excluding hydrogens is 404 g/mol. The number of carbonyl (C=O) groups excluding carboxylic acids is 1. The molecule has 4 aromatic rings. The molecule has 0 fully saturated rings. The van der Waals surface area contributed by atoms with Crippen LogP contribution in [0.4, 0.5) is 0 Å². The van der Waals surface area contributed by atoms with Crippen LogP contribution in [0.25, 0.3) is 10.9 Å². The van der Waals surface area contributed by atoms with Gasteiger partial charge in [0.2, 0.25) is 5.88 Å². The number of fused-ring (bicyclic) bond motifs is 1. The van der Waals surface area contributed by atoms with Crippen LogP contribution in [0.5, 0.6) is 5.88 Å². The Kier molecular flexibility index (Phi) is 6.26. The van der Waals surface area contributed by atoms with Gasteiger partial charge in [-0.1, -0.05) is 42.5 Å². The van der Waals surface area contributed by atoms with Crippen molar-refractivity contribution in [2.24, 2.45) is 0 Å². The highest BCUT2D eigenvalue weighted by molar-refractivity contribution is 5.94. The number of rotatable bonds is 7. The van der Waals surface area contributed by atoms with Crippen molar-refractivity contribution >= 4 is 16.8 Å². The van der Waals surface area contributed by atoms with Crippen LogP contribution in [0.3, 0.4) is 0 Å². The molecular formula is C25H24N4O3. The summed E-state index contributed by atoms with van der Waals surface area (Å²) >= 11 is 0. The smallest absolute Gasteiger partial charge is 0.258 e. The first kappa shape index (κ1) is 21.2. The summed E-state index contributed by atoms with van der Waals surface area (Å²) in [4.78, 5) is 38.9. The van der Waals surface area contributed by atoms with Crippen LogP contribution >= 0.6 is 0 Å². The Morgan fingerprint density at radius 2 is 1.81 bits per heavy atom. The second-order valence-electron chi connectivity index (χ2n) is 7.71. The maximum absolute atomic E-state index is 13.3. The summed E-state index contributed by atoms with van der Waals surface area (Å²) in [6, 6.07) is 20.1. The van der Waals surface area contributed by atoms with E-state index in [1.54, 1.807) is 41.4 Å². The van der Waals surface area contributed by atoms with Crippen molar-refractivity contribution in [1.82, 2.24) is 19.9 Å². The minimum atomic E-state index is -0.220. The number of ether oxygens (including phenoxy) is 1. The lowest BCUT2D eigenvalue weighted by atomic mass is 10.2. The first-order valence-electron chi connectivity index (χ1n) is 10.4. The fourth-order valence-corrected chi connectivity index (χ4v) is 3.38. The van der Waals surface area contributed by atoms with Gasteiger partial charge in [0.15, 0.2) is 0 Å². The number of hydrogen-bond acceptors (Lipinski definition) is 5. The van der Waals surface area contributed by atoms with Crippen molar-refractivity contribution < 1.29 is 9.53 Å². The molecule has 0 spiro atoms. The van der Waals surface area contributed by atoms with Crippen LogP contribution < -0.4 is 10.3 Å². The number of benzene rings is 2. The van der Waals surface area contributed by atoms with E-state index in [4.69, 9.17) is 4.74 Å². The van der Waals surface area contributed by atoms with Crippen LogP contribution in [0.2, 0.25) is 0 Å². The molecule has 2 heterocycles. The van der Waals surface area contributed by atoms with Gasteiger partial charge < -0.3 is 14.6 Å². The summed E-state index contributed by atoms with van der Waals surface area (Å²) in [7, 11) is 0. The number of H-pyrrole nitrogens is 1. The molecule has 1 amide bonds. The topological polar surface area (TPSA) is 88.2 Å². The summed E-state index contributed by atoms with van der Waals surface area (Å²) in [5.74, 6) is 0.619. The van der Waals surface area contributed by atoms with E-state index in [0.29, 0.717) is 34.8 Å². The largest absolute Gasteiger partial charge is 0.473 e. The van der Waals surface area contributed by atoms with Crippen LogP contribution in [0.1, 0.15) is 35.6 Å². The Balaban J connectivity index is 1.54. The predicted octanol–water partition coefficient (Wildman–Crippen LogP) is 3.95. The molecule has 2 aromatic carbocycles. The molecule has 0 bridgehead atoms. The molecule has 0 aliphatic carbocycles. The Labute approximate surface area is 185 Å². The lowest BCUT2D eigenvalue weighted by Gasteiger charge is -2.26. The monoisotopic (exact) mass is 428 g/mol. The second-order valence-corrected chi connectivity index (χ2v) is 7.71. The highest BCUT2D eigenvalue weighted by Crippen LogP contribution is 2.17. The number of nitrogens with one attached hydrogen (secondary N) is 1. The van der Waals surface area contributed by atoms with Gasteiger partial charge in [0.25, 0.3) is 11.5 Å². The van der Waals surface area contributed by atoms with Gasteiger partial charge in [-0.3, -0.25) is 9.59 Å². The zero-order valence-corrected chi connectivity index (χ0v) is 18.0. The van der Waals surface area contributed by atoms with E-state index in [1.807, 2.05) is 50.2 Å². The zero-order valence-electron chi connectivity index (χ0n) is 18.0. The van der Waals surface area contributed by atoms with Crippen molar-refractivity contribution in [2.45, 2.75) is 33.0 Å². The summed E-state index contributed by atoms with van der Waals surface area (Å²) in [5, 5.41) is 0.521. The molecule has 0 saturated carbocycles. The van der Waals surface area contributed by atoms with Gasteiger partial charge in [0.05, 0.1) is 17.4 Å². The highest BCUT2D eigenvalue weighted by atomic mass is 16.5. The average molecular weight is 428 g/mol. The summed E-state index contributed by atoms with van der Waals surface area (Å²) < 4.78 is 5.76. The van der Waals surface area contributed by atoms with Crippen molar-refractivity contribution in [1.29, 1.82) is 0 Å². The van der Waals surface area contributed by atoms with Gasteiger partial charge in [-0.2, -0.15) is 0 Å². The SMILES string of the molecule is CC(C)N(Cc1nc2ccccc2c(=O)[nH]1)C(=O)c1ccnc(OCc2ccccc2)c1. The Morgan fingerprint density at radius 3 is 2.59 bits per heavy atom. The molecule has 0 unspecified atom stereocenters. The fraction of sp³-hybridized carbons (Fsp3) is 0.200. The van der Waals surface area contributed by atoms with E-state index in [1.165, 1.54) is 0 Å². The molecule has 7 heteroatoms. The number of para-hydroxylation sites is 1. The molecule has 4 rings (SSSR count). The second kappa shape index (κ2) is 9.43. The third kappa shape index (κ3) is 4.83. The predicted molar refractivity (Wildman–Crippen MR) is 122 cm³/mol. The van der Waals surface area contributed by atoms with Crippen LogP contribution in [0.15, 0.2) is 77.7 Å². The van der Waals surface area contributed by atoms with Crippen LogP contribution in [-0.2, 0) is 13.2 Å². The molecule has 32 heavy (non-hydrogen) atoms. The minimum Gasteiger partial charge on any atom is -0.473 e. The van der Waals surface area contributed by atoms with Gasteiger partial charge in [-0.25, -0.2) is 9.97 Å². The molecule has 7 nitrogen and oxygen atoms in total. The Morgan fingerprint density at radius 1 is 1.06 bits per heavy atom. The number of amides is 1. The summed E-state index contributed by atoms with van der Waals surface area (Å²) in [6.45, 7) is 4.39. The standard InChI is InChI=1S/C25H24N4O3/c1-17(2)29(15-22-27-21-11-7-6-10-20(21)24(30)28-22)25(31)19-12-13-26-23(14-19)32-16-18-8-4-3-5-9-18/h3-14,17H,15-16H2,1-2H3,(H,27,28,30). The van der Waals surface area contributed by atoms with Crippen molar-refractivity contribution in [3.63, 3.8) is 0 Å². The van der Waals surface area contributed by atoms with Gasteiger partial charge in [0.1, 0.15) is 12.4 Å². The number of aromatic amines is 1. The van der Waals surface area contributed by atoms with E-state index in [-0.39, 0.29) is 24.1 Å². The lowest BCUT2D eigenvalue weighted by Crippen LogP contribution is -2.37. The van der Waals surface area contributed by atoms with Crippen LogP contribution in [0, 0.1) is 0 Å². The minimum absolute atomic E-state index is 0.110. The van der Waals surface area contributed by atoms with E-state index < -0.39 is 0 Å². The molecule has 0 aliphatic rings. The molecule has 0 radical (unpaired) electrons. The quantitative estimate of drug-likeness (QED) is 0.482. The van der Waals surface area contributed by atoms with E-state index >= 15 is 0 Å². The van der Waals surface area contributed by atoms with Gasteiger partial charge >= 0.3 is 0 Å². The maximum atomic E-state index is 13.3. The first-order chi connectivity index (χ1) is 15.5. The third-order valence-corrected chi connectivity index (χ3v) is 5.08. The normalized spacial score (nSPS) is 11.0. The third-order valence-electron chi connectivity index (χ3n) is 5.08. The number of carbonyl (C=O) groups is 1. The van der Waals surface area contributed by atoms with Crippen molar-refractivity contribution in [2.75, 3.05) is 0 Å². The van der Waals surface area contributed by atoms with E-state index in [9.17, 15) is 9.59 Å². The lowest BCUT2D eigenvalue weighted by molar-refractivity contribution is 0.0684. The number of hydrogen-bond donors (Lipinski definition) is 1. The van der Waals surface area contributed by atoms with Gasteiger partial charge in [0, 0.05) is 23.9 Å². The number of nitrogens with zero attached hydrogens (tertiary/aromatic N) is 3. The van der Waals surface area contributed by atoms with E-state index in [0.717, 1.165) is 5.56 Å². The Bertz CT molecular complexity index is 1290. The fourth-order valence-electron chi connectivity index (χ4n) is 3.38. The molecule has 0 atom stereocenters. The van der Waals surface area contributed by atoms with E-state index in [2.05, 4.69) is 15.0 Å². The molecule has 162 valence electrons. The first-order valence-corrected chi connectivity index (χ1v) is 10.4. The molecule has 0 saturated heterocycles. The Hall–Kier alpha value is -4.00. The van der Waals surface area contributed by atoms with Crippen molar-refractivity contribution in [3.05, 3.63) is 100 Å². The maximum Gasteiger partial charge on any atom is 0.258 e. The zero-order chi connectivity index (χ0) is 22.5. The summed E-state index contributed by atoms with van der Waals surface area (Å²) in [6.07, 6.45) is 1.56. The summed E-state index contributed by atoms with van der Waals surface area (Å²) in [5.41, 5.74) is 1.85. The number of pyridine rings is 1. The van der Waals surface area contributed by atoms with Crippen molar-refractivity contribution in [3.8, 4) is 5.88 Å². The molecule has 0 aliphatic heterocycles. The van der Waals surface area contributed by atoms with Crippen LogP contribution in [-0.4, -0.2) is 31.8 Å². The highest BCUT2D eigenvalue weighted by Gasteiger charge is 2.21. The van der Waals surface area contributed by atoms with Gasteiger partial charge in [-0.05, 0) is 37.6 Å². The van der Waals surface area contributed by atoms with Gasteiger partial charge in [-0.15, -0.1) is 0 Å². The number of aromatic nitrogens is 3.